The van der Waals surface area contributed by atoms with Crippen molar-refractivity contribution >= 4 is 27.1 Å². The molecule has 1 aromatic heterocycles. The number of carbonyl (C=O) groups is 1. The standard InChI is InChI=1S/C14H15NO3S2/c1-11(16)12-5-7-14(8-6-12)20(17,18)15(2)10-13-4-3-9-19-13/h3-9H,10H2,1-2H3. The number of ketones is 1. The number of hydrogen-bond donors (Lipinski definition) is 0. The van der Waals surface area contributed by atoms with Crippen molar-refractivity contribution < 1.29 is 13.2 Å². The molecule has 106 valence electrons. The molecule has 0 saturated carbocycles. The second-order valence-electron chi connectivity index (χ2n) is 4.42. The van der Waals surface area contributed by atoms with Gasteiger partial charge in [-0.15, -0.1) is 11.3 Å². The van der Waals surface area contributed by atoms with Crippen LogP contribution in [0.1, 0.15) is 22.2 Å². The third-order valence-corrected chi connectivity index (χ3v) is 5.61. The molecule has 0 aliphatic rings. The van der Waals surface area contributed by atoms with Crippen molar-refractivity contribution in [2.75, 3.05) is 7.05 Å². The number of carbonyl (C=O) groups excluding carboxylic acids is 1. The highest BCUT2D eigenvalue weighted by molar-refractivity contribution is 7.89. The van der Waals surface area contributed by atoms with Crippen LogP contribution in [-0.2, 0) is 16.6 Å². The second-order valence-corrected chi connectivity index (χ2v) is 7.50. The molecule has 20 heavy (non-hydrogen) atoms. The lowest BCUT2D eigenvalue weighted by Crippen LogP contribution is -2.26. The quantitative estimate of drug-likeness (QED) is 0.798. The molecule has 4 nitrogen and oxygen atoms in total. The van der Waals surface area contributed by atoms with Gasteiger partial charge in [0.25, 0.3) is 0 Å². The Labute approximate surface area is 122 Å². The van der Waals surface area contributed by atoms with Crippen molar-refractivity contribution in [3.05, 3.63) is 52.2 Å². The zero-order valence-corrected chi connectivity index (χ0v) is 12.9. The van der Waals surface area contributed by atoms with E-state index in [4.69, 9.17) is 0 Å². The predicted octanol–water partition coefficient (Wildman–Crippen LogP) is 2.77. The summed E-state index contributed by atoms with van der Waals surface area (Å²) in [5.41, 5.74) is 0.504. The van der Waals surface area contributed by atoms with E-state index in [9.17, 15) is 13.2 Å². The fraction of sp³-hybridized carbons (Fsp3) is 0.214. The van der Waals surface area contributed by atoms with E-state index in [1.165, 1.54) is 46.8 Å². The van der Waals surface area contributed by atoms with Crippen LogP contribution in [0, 0.1) is 0 Å². The van der Waals surface area contributed by atoms with E-state index in [-0.39, 0.29) is 10.7 Å². The molecule has 6 heteroatoms. The Morgan fingerprint density at radius 3 is 2.35 bits per heavy atom. The summed E-state index contributed by atoms with van der Waals surface area (Å²) in [7, 11) is -1.98. The van der Waals surface area contributed by atoms with E-state index in [0.717, 1.165) is 4.88 Å². The van der Waals surface area contributed by atoms with Gasteiger partial charge < -0.3 is 0 Å². The molecule has 0 bridgehead atoms. The lowest BCUT2D eigenvalue weighted by molar-refractivity contribution is 0.101. The van der Waals surface area contributed by atoms with Crippen LogP contribution in [0.25, 0.3) is 0 Å². The largest absolute Gasteiger partial charge is 0.295 e. The molecule has 0 N–H and O–H groups in total. The average molecular weight is 309 g/mol. The van der Waals surface area contributed by atoms with Gasteiger partial charge in [-0.25, -0.2) is 8.42 Å². The van der Waals surface area contributed by atoms with Gasteiger partial charge in [-0.2, -0.15) is 4.31 Å². The minimum Gasteiger partial charge on any atom is -0.295 e. The van der Waals surface area contributed by atoms with E-state index in [2.05, 4.69) is 0 Å². The molecule has 0 aliphatic heterocycles. The third kappa shape index (κ3) is 3.15. The third-order valence-electron chi connectivity index (χ3n) is 2.93. The molecule has 0 spiro atoms. The zero-order chi connectivity index (χ0) is 14.8. The Balaban J connectivity index is 2.23. The van der Waals surface area contributed by atoms with Gasteiger partial charge in [-0.3, -0.25) is 4.79 Å². The van der Waals surface area contributed by atoms with Crippen LogP contribution in [0.4, 0.5) is 0 Å². The van der Waals surface area contributed by atoms with Gasteiger partial charge in [0.1, 0.15) is 0 Å². The molecule has 2 rings (SSSR count). The van der Waals surface area contributed by atoms with Gasteiger partial charge in [0.05, 0.1) is 4.90 Å². The van der Waals surface area contributed by atoms with Crippen LogP contribution in [0.15, 0.2) is 46.7 Å². The highest BCUT2D eigenvalue weighted by atomic mass is 32.2. The normalized spacial score (nSPS) is 11.8. The van der Waals surface area contributed by atoms with Crippen LogP contribution in [0.2, 0.25) is 0 Å². The molecular weight excluding hydrogens is 294 g/mol. The summed E-state index contributed by atoms with van der Waals surface area (Å²) in [5.74, 6) is -0.0825. The summed E-state index contributed by atoms with van der Waals surface area (Å²) in [4.78, 5) is 12.4. The zero-order valence-electron chi connectivity index (χ0n) is 11.2. The Morgan fingerprint density at radius 1 is 1.20 bits per heavy atom. The van der Waals surface area contributed by atoms with Crippen LogP contribution < -0.4 is 0 Å². The molecule has 0 unspecified atom stereocenters. The predicted molar refractivity (Wildman–Crippen MR) is 79.4 cm³/mol. The van der Waals surface area contributed by atoms with Gasteiger partial charge in [0.15, 0.2) is 5.78 Å². The first-order chi connectivity index (χ1) is 9.41. The fourth-order valence-corrected chi connectivity index (χ4v) is 3.74. The summed E-state index contributed by atoms with van der Waals surface area (Å²) in [5, 5.41) is 1.91. The van der Waals surface area contributed by atoms with Gasteiger partial charge in [-0.05, 0) is 30.5 Å². The number of hydrogen-bond acceptors (Lipinski definition) is 4. The SMILES string of the molecule is CC(=O)c1ccc(S(=O)(=O)N(C)Cc2cccs2)cc1. The first-order valence-corrected chi connectivity index (χ1v) is 8.33. The Kier molecular flexibility index (Phi) is 4.37. The molecular formula is C14H15NO3S2. The minimum absolute atomic E-state index is 0.0825. The summed E-state index contributed by atoms with van der Waals surface area (Å²) in [6.45, 7) is 1.79. The first kappa shape index (κ1) is 14.9. The second kappa shape index (κ2) is 5.87. The Bertz CT molecular complexity index is 689. The van der Waals surface area contributed by atoms with Crippen molar-refractivity contribution in [1.82, 2.24) is 4.31 Å². The van der Waals surface area contributed by atoms with Crippen molar-refractivity contribution in [2.45, 2.75) is 18.4 Å². The van der Waals surface area contributed by atoms with E-state index in [1.807, 2.05) is 17.5 Å². The number of thiophene rings is 1. The molecule has 0 saturated heterocycles. The lowest BCUT2D eigenvalue weighted by atomic mass is 10.2. The number of Topliss-reactive ketones (excluding diaryl/α,β-unsaturated/α-hetero) is 1. The van der Waals surface area contributed by atoms with E-state index in [1.54, 1.807) is 7.05 Å². The summed E-state index contributed by atoms with van der Waals surface area (Å²) in [6, 6.07) is 9.80. The summed E-state index contributed by atoms with van der Waals surface area (Å²) >= 11 is 1.52. The number of nitrogens with zero attached hydrogens (tertiary/aromatic N) is 1. The highest BCUT2D eigenvalue weighted by Gasteiger charge is 2.21. The van der Waals surface area contributed by atoms with Crippen molar-refractivity contribution in [1.29, 1.82) is 0 Å². The minimum atomic E-state index is -3.53. The average Bonchev–Trinajstić information content (AvgIpc) is 2.91. The number of benzene rings is 1. The van der Waals surface area contributed by atoms with Crippen LogP contribution in [-0.4, -0.2) is 25.6 Å². The van der Waals surface area contributed by atoms with Crippen LogP contribution >= 0.6 is 11.3 Å². The Morgan fingerprint density at radius 2 is 1.85 bits per heavy atom. The molecule has 0 fully saturated rings. The summed E-state index contributed by atoms with van der Waals surface area (Å²) in [6.07, 6.45) is 0. The van der Waals surface area contributed by atoms with E-state index < -0.39 is 10.0 Å². The smallest absolute Gasteiger partial charge is 0.243 e. The summed E-state index contributed by atoms with van der Waals surface area (Å²) < 4.78 is 26.1. The molecule has 0 atom stereocenters. The maximum Gasteiger partial charge on any atom is 0.243 e. The monoisotopic (exact) mass is 309 g/mol. The van der Waals surface area contributed by atoms with Gasteiger partial charge in [0.2, 0.25) is 10.0 Å². The molecule has 2 aromatic rings. The lowest BCUT2D eigenvalue weighted by Gasteiger charge is -2.16. The van der Waals surface area contributed by atoms with Crippen LogP contribution in [0.3, 0.4) is 0 Å². The van der Waals surface area contributed by atoms with Gasteiger partial charge in [0, 0.05) is 24.0 Å². The van der Waals surface area contributed by atoms with Gasteiger partial charge in [-0.1, -0.05) is 18.2 Å². The maximum atomic E-state index is 12.4. The topological polar surface area (TPSA) is 54.5 Å². The van der Waals surface area contributed by atoms with Crippen molar-refractivity contribution in [3.63, 3.8) is 0 Å². The molecule has 1 aromatic carbocycles. The van der Waals surface area contributed by atoms with Crippen LogP contribution in [0.5, 0.6) is 0 Å². The maximum absolute atomic E-state index is 12.4. The Hall–Kier alpha value is -1.50. The van der Waals surface area contributed by atoms with E-state index in [0.29, 0.717) is 12.1 Å². The fourth-order valence-electron chi connectivity index (χ4n) is 1.75. The van der Waals surface area contributed by atoms with Crippen molar-refractivity contribution in [2.24, 2.45) is 0 Å². The van der Waals surface area contributed by atoms with E-state index >= 15 is 0 Å². The molecule has 0 aliphatic carbocycles. The number of sulfonamides is 1. The van der Waals surface area contributed by atoms with Gasteiger partial charge >= 0.3 is 0 Å². The molecule has 1 heterocycles. The number of rotatable bonds is 5. The first-order valence-electron chi connectivity index (χ1n) is 6.01. The molecule has 0 radical (unpaired) electrons. The van der Waals surface area contributed by atoms with Crippen molar-refractivity contribution in [3.8, 4) is 0 Å². The highest BCUT2D eigenvalue weighted by Crippen LogP contribution is 2.19. The molecule has 0 amide bonds.